The fourth-order valence-corrected chi connectivity index (χ4v) is 2.68. The SMILES string of the molecule is CN(Cc1ccccc1C(=O)NN)CC1CCOCC1. The standard InChI is InChI=1S/C15H23N3O2/c1-18(10-12-6-8-20-9-7-12)11-13-4-2-3-5-14(13)15(19)17-16/h2-5,12H,6-11,16H2,1H3,(H,17,19). The smallest absolute Gasteiger partial charge is 0.265 e. The van der Waals surface area contributed by atoms with Crippen molar-refractivity contribution < 1.29 is 9.53 Å². The van der Waals surface area contributed by atoms with Gasteiger partial charge in [-0.1, -0.05) is 18.2 Å². The van der Waals surface area contributed by atoms with Crippen molar-refractivity contribution in [2.24, 2.45) is 11.8 Å². The molecule has 0 saturated carbocycles. The molecule has 0 aromatic heterocycles. The maximum absolute atomic E-state index is 11.7. The number of rotatable bonds is 5. The van der Waals surface area contributed by atoms with Crippen LogP contribution >= 0.6 is 0 Å². The van der Waals surface area contributed by atoms with Crippen molar-refractivity contribution in [3.8, 4) is 0 Å². The highest BCUT2D eigenvalue weighted by Crippen LogP contribution is 2.17. The Morgan fingerprint density at radius 3 is 2.80 bits per heavy atom. The van der Waals surface area contributed by atoms with Gasteiger partial charge in [0.05, 0.1) is 0 Å². The third-order valence-electron chi connectivity index (χ3n) is 3.74. The van der Waals surface area contributed by atoms with E-state index < -0.39 is 0 Å². The van der Waals surface area contributed by atoms with Crippen molar-refractivity contribution in [3.05, 3.63) is 35.4 Å². The Morgan fingerprint density at radius 1 is 1.40 bits per heavy atom. The van der Waals surface area contributed by atoms with Gasteiger partial charge in [0, 0.05) is 31.9 Å². The summed E-state index contributed by atoms with van der Waals surface area (Å²) in [4.78, 5) is 14.0. The van der Waals surface area contributed by atoms with Gasteiger partial charge in [-0.15, -0.1) is 0 Å². The van der Waals surface area contributed by atoms with Crippen LogP contribution in [0.15, 0.2) is 24.3 Å². The minimum absolute atomic E-state index is 0.236. The summed E-state index contributed by atoms with van der Waals surface area (Å²) in [5.41, 5.74) is 3.85. The molecule has 1 heterocycles. The number of nitrogens with one attached hydrogen (secondary N) is 1. The minimum atomic E-state index is -0.236. The van der Waals surface area contributed by atoms with E-state index >= 15 is 0 Å². The summed E-state index contributed by atoms with van der Waals surface area (Å²) in [5, 5.41) is 0. The number of ether oxygens (including phenoxy) is 1. The topological polar surface area (TPSA) is 67.6 Å². The molecule has 1 aromatic rings. The second-order valence-corrected chi connectivity index (χ2v) is 5.38. The molecule has 1 amide bonds. The van der Waals surface area contributed by atoms with Crippen molar-refractivity contribution in [2.75, 3.05) is 26.8 Å². The van der Waals surface area contributed by atoms with Crippen LogP contribution in [0.1, 0.15) is 28.8 Å². The monoisotopic (exact) mass is 277 g/mol. The Morgan fingerprint density at radius 2 is 2.10 bits per heavy atom. The minimum Gasteiger partial charge on any atom is -0.381 e. The summed E-state index contributed by atoms with van der Waals surface area (Å²) in [7, 11) is 2.09. The molecule has 3 N–H and O–H groups in total. The van der Waals surface area contributed by atoms with Gasteiger partial charge < -0.3 is 9.64 Å². The van der Waals surface area contributed by atoms with Crippen molar-refractivity contribution >= 4 is 5.91 Å². The largest absolute Gasteiger partial charge is 0.381 e. The van der Waals surface area contributed by atoms with Crippen LogP contribution in [0.3, 0.4) is 0 Å². The quantitative estimate of drug-likeness (QED) is 0.481. The first-order valence-electron chi connectivity index (χ1n) is 7.06. The first kappa shape index (κ1) is 15.0. The predicted octanol–water partition coefficient (Wildman–Crippen LogP) is 1.15. The molecule has 1 aromatic carbocycles. The highest BCUT2D eigenvalue weighted by molar-refractivity contribution is 5.95. The number of hydrogen-bond donors (Lipinski definition) is 2. The Kier molecular flexibility index (Phi) is 5.52. The third kappa shape index (κ3) is 4.03. The van der Waals surface area contributed by atoms with Gasteiger partial charge in [0.2, 0.25) is 0 Å². The number of amides is 1. The average molecular weight is 277 g/mol. The van der Waals surface area contributed by atoms with Crippen molar-refractivity contribution in [1.82, 2.24) is 10.3 Å². The van der Waals surface area contributed by atoms with E-state index in [0.29, 0.717) is 11.5 Å². The van der Waals surface area contributed by atoms with Gasteiger partial charge in [0.25, 0.3) is 5.91 Å². The number of hydrogen-bond acceptors (Lipinski definition) is 4. The molecule has 2 rings (SSSR count). The second-order valence-electron chi connectivity index (χ2n) is 5.38. The molecule has 0 spiro atoms. The zero-order valence-corrected chi connectivity index (χ0v) is 12.0. The highest BCUT2D eigenvalue weighted by atomic mass is 16.5. The Balaban J connectivity index is 1.96. The van der Waals surface area contributed by atoms with E-state index in [1.54, 1.807) is 6.07 Å². The summed E-state index contributed by atoms with van der Waals surface area (Å²) in [6.45, 7) is 3.51. The number of carbonyl (C=O) groups excluding carboxylic acids is 1. The molecule has 1 saturated heterocycles. The van der Waals surface area contributed by atoms with Crippen LogP contribution in [0.2, 0.25) is 0 Å². The second kappa shape index (κ2) is 7.38. The van der Waals surface area contributed by atoms with Crippen molar-refractivity contribution in [2.45, 2.75) is 19.4 Å². The van der Waals surface area contributed by atoms with E-state index in [1.165, 1.54) is 0 Å². The number of carbonyl (C=O) groups is 1. The lowest BCUT2D eigenvalue weighted by molar-refractivity contribution is 0.0549. The molecule has 0 atom stereocenters. The van der Waals surface area contributed by atoms with E-state index in [-0.39, 0.29) is 5.91 Å². The number of nitrogens with zero attached hydrogens (tertiary/aromatic N) is 1. The van der Waals surface area contributed by atoms with Crippen LogP contribution < -0.4 is 11.3 Å². The van der Waals surface area contributed by atoms with E-state index in [1.807, 2.05) is 18.2 Å². The van der Waals surface area contributed by atoms with Gasteiger partial charge in [0.15, 0.2) is 0 Å². The van der Waals surface area contributed by atoms with Gasteiger partial charge >= 0.3 is 0 Å². The summed E-state index contributed by atoms with van der Waals surface area (Å²) < 4.78 is 5.38. The van der Waals surface area contributed by atoms with E-state index in [4.69, 9.17) is 10.6 Å². The molecule has 20 heavy (non-hydrogen) atoms. The Bertz CT molecular complexity index is 444. The van der Waals surface area contributed by atoms with Gasteiger partial charge in [0.1, 0.15) is 0 Å². The van der Waals surface area contributed by atoms with Crippen molar-refractivity contribution in [3.63, 3.8) is 0 Å². The van der Waals surface area contributed by atoms with Crippen LogP contribution in [-0.2, 0) is 11.3 Å². The first-order chi connectivity index (χ1) is 9.70. The van der Waals surface area contributed by atoms with E-state index in [0.717, 1.165) is 44.7 Å². The maximum atomic E-state index is 11.7. The van der Waals surface area contributed by atoms with Crippen LogP contribution in [0, 0.1) is 5.92 Å². The molecule has 0 radical (unpaired) electrons. The molecule has 5 nitrogen and oxygen atoms in total. The average Bonchev–Trinajstić information content (AvgIpc) is 2.48. The van der Waals surface area contributed by atoms with Gasteiger partial charge in [-0.2, -0.15) is 0 Å². The molecular weight excluding hydrogens is 254 g/mol. The fourth-order valence-electron chi connectivity index (χ4n) is 2.68. The summed E-state index contributed by atoms with van der Waals surface area (Å²) in [6.07, 6.45) is 2.24. The van der Waals surface area contributed by atoms with Gasteiger partial charge in [-0.3, -0.25) is 10.2 Å². The van der Waals surface area contributed by atoms with E-state index in [9.17, 15) is 4.79 Å². The van der Waals surface area contributed by atoms with Crippen LogP contribution in [0.4, 0.5) is 0 Å². The molecule has 0 unspecified atom stereocenters. The molecular formula is C15H23N3O2. The van der Waals surface area contributed by atoms with Gasteiger partial charge in [-0.25, -0.2) is 5.84 Å². The number of nitrogens with two attached hydrogens (primary N) is 1. The maximum Gasteiger partial charge on any atom is 0.265 e. The molecule has 1 fully saturated rings. The van der Waals surface area contributed by atoms with Crippen LogP contribution in [0.25, 0.3) is 0 Å². The molecule has 0 aliphatic carbocycles. The Hall–Kier alpha value is -1.43. The lowest BCUT2D eigenvalue weighted by Gasteiger charge is -2.27. The zero-order valence-electron chi connectivity index (χ0n) is 12.0. The molecule has 5 heteroatoms. The lowest BCUT2D eigenvalue weighted by Crippen LogP contribution is -2.33. The predicted molar refractivity (Wildman–Crippen MR) is 78.0 cm³/mol. The summed E-state index contributed by atoms with van der Waals surface area (Å²) in [5.74, 6) is 5.67. The first-order valence-corrected chi connectivity index (χ1v) is 7.06. The summed E-state index contributed by atoms with van der Waals surface area (Å²) >= 11 is 0. The Labute approximate surface area is 120 Å². The highest BCUT2D eigenvalue weighted by Gasteiger charge is 2.17. The third-order valence-corrected chi connectivity index (χ3v) is 3.74. The molecule has 1 aliphatic heterocycles. The number of hydrazine groups is 1. The normalized spacial score (nSPS) is 16.4. The van der Waals surface area contributed by atoms with Gasteiger partial charge in [-0.05, 0) is 37.4 Å². The lowest BCUT2D eigenvalue weighted by atomic mass is 9.99. The fraction of sp³-hybridized carbons (Fsp3) is 0.533. The molecule has 1 aliphatic rings. The van der Waals surface area contributed by atoms with Crippen molar-refractivity contribution in [1.29, 1.82) is 0 Å². The zero-order chi connectivity index (χ0) is 14.4. The molecule has 0 bridgehead atoms. The number of benzene rings is 1. The summed E-state index contributed by atoms with van der Waals surface area (Å²) in [6, 6.07) is 7.59. The van der Waals surface area contributed by atoms with E-state index in [2.05, 4.69) is 17.4 Å². The molecule has 110 valence electrons. The van der Waals surface area contributed by atoms with Crippen LogP contribution in [-0.4, -0.2) is 37.6 Å². The van der Waals surface area contributed by atoms with Crippen LogP contribution in [0.5, 0.6) is 0 Å². The number of nitrogen functional groups attached to an aromatic ring is 1.